The Kier molecular flexibility index (Phi) is 2.60. The van der Waals surface area contributed by atoms with E-state index in [1.807, 2.05) is 19.1 Å². The molecule has 64 valence electrons. The van der Waals surface area contributed by atoms with Gasteiger partial charge in [-0.25, -0.2) is 0 Å². The molecule has 0 atom stereocenters. The van der Waals surface area contributed by atoms with Crippen LogP contribution in [-0.4, -0.2) is 4.92 Å². The van der Waals surface area contributed by atoms with Gasteiger partial charge in [0.15, 0.2) is 0 Å². The van der Waals surface area contributed by atoms with Crippen LogP contribution in [0.4, 0.5) is 0 Å². The molecule has 0 aliphatic rings. The van der Waals surface area contributed by atoms with Crippen molar-refractivity contribution in [1.29, 1.82) is 0 Å². The van der Waals surface area contributed by atoms with Crippen molar-refractivity contribution in [2.24, 2.45) is 0 Å². The Morgan fingerprint density at radius 1 is 1.67 bits per heavy atom. The maximum Gasteiger partial charge on any atom is 0.244 e. The van der Waals surface area contributed by atoms with Crippen molar-refractivity contribution in [2.75, 3.05) is 0 Å². The Balaban J connectivity index is 2.87. The van der Waals surface area contributed by atoms with Crippen molar-refractivity contribution in [2.45, 2.75) is 13.8 Å². The van der Waals surface area contributed by atoms with Crippen LogP contribution in [0.25, 0.3) is 6.08 Å². The molecule has 0 aliphatic carbocycles. The quantitative estimate of drug-likeness (QED) is 0.522. The number of hydrogen-bond donors (Lipinski definition) is 0. The van der Waals surface area contributed by atoms with Crippen molar-refractivity contribution in [1.82, 2.24) is 0 Å². The van der Waals surface area contributed by atoms with Gasteiger partial charge in [0, 0.05) is 22.8 Å². The van der Waals surface area contributed by atoms with E-state index >= 15 is 0 Å². The van der Waals surface area contributed by atoms with Crippen LogP contribution in [0.3, 0.4) is 0 Å². The lowest BCUT2D eigenvalue weighted by Gasteiger charge is -1.86. The normalized spacial score (nSPS) is 11.7. The Bertz CT molecular complexity index is 328. The van der Waals surface area contributed by atoms with Gasteiger partial charge in [0.1, 0.15) is 0 Å². The van der Waals surface area contributed by atoms with E-state index in [1.54, 1.807) is 17.4 Å². The van der Waals surface area contributed by atoms with Gasteiger partial charge >= 0.3 is 0 Å². The molecule has 0 amide bonds. The molecule has 4 heteroatoms. The van der Waals surface area contributed by atoms with E-state index in [0.29, 0.717) is 0 Å². The number of hydrogen-bond acceptors (Lipinski definition) is 3. The Morgan fingerprint density at radius 2 is 2.33 bits per heavy atom. The Labute approximate surface area is 74.5 Å². The predicted molar refractivity (Wildman–Crippen MR) is 49.7 cm³/mol. The van der Waals surface area contributed by atoms with Gasteiger partial charge in [-0.15, -0.1) is 11.3 Å². The maximum absolute atomic E-state index is 10.3. The number of allylic oxidation sites excluding steroid dienone is 1. The van der Waals surface area contributed by atoms with Crippen molar-refractivity contribution < 1.29 is 4.92 Å². The predicted octanol–water partition coefficient (Wildman–Crippen LogP) is 2.69. The smallest absolute Gasteiger partial charge is 0.244 e. The van der Waals surface area contributed by atoms with Gasteiger partial charge in [-0.3, -0.25) is 10.1 Å². The van der Waals surface area contributed by atoms with E-state index in [9.17, 15) is 10.1 Å². The topological polar surface area (TPSA) is 43.1 Å². The molecule has 0 spiro atoms. The summed E-state index contributed by atoms with van der Waals surface area (Å²) in [5.41, 5.74) is 0.178. The van der Waals surface area contributed by atoms with Crippen molar-refractivity contribution in [3.05, 3.63) is 37.7 Å². The zero-order valence-electron chi connectivity index (χ0n) is 6.90. The molecule has 0 aromatic carbocycles. The first-order chi connectivity index (χ1) is 5.59. The summed E-state index contributed by atoms with van der Waals surface area (Å²) in [6.45, 7) is 3.47. The third-order valence-corrected chi connectivity index (χ3v) is 2.35. The first-order valence-electron chi connectivity index (χ1n) is 3.49. The van der Waals surface area contributed by atoms with Crippen LogP contribution in [0.2, 0.25) is 0 Å². The second kappa shape index (κ2) is 3.49. The van der Waals surface area contributed by atoms with Gasteiger partial charge in [0.25, 0.3) is 0 Å². The minimum atomic E-state index is -0.380. The van der Waals surface area contributed by atoms with Crippen molar-refractivity contribution in [3.63, 3.8) is 0 Å². The summed E-state index contributed by atoms with van der Waals surface area (Å²) in [7, 11) is 0. The molecular formula is C8H9NO2S. The largest absolute Gasteiger partial charge is 0.259 e. The van der Waals surface area contributed by atoms with Crippen LogP contribution in [0.5, 0.6) is 0 Å². The van der Waals surface area contributed by atoms with E-state index in [1.165, 1.54) is 6.92 Å². The van der Waals surface area contributed by atoms with E-state index in [4.69, 9.17) is 0 Å². The SMILES string of the molecule is CC(=Cc1ccc(C)s1)[N+](=O)[O-]. The number of rotatable bonds is 2. The van der Waals surface area contributed by atoms with E-state index in [0.717, 1.165) is 9.75 Å². The van der Waals surface area contributed by atoms with Gasteiger partial charge in [0.2, 0.25) is 5.70 Å². The number of aryl methyl sites for hydroxylation is 1. The standard InChI is InChI=1S/C8H9NO2S/c1-6(9(10)11)5-8-4-3-7(2)12-8/h3-5H,1-2H3. The Morgan fingerprint density at radius 3 is 2.75 bits per heavy atom. The molecule has 1 aromatic heterocycles. The van der Waals surface area contributed by atoms with Crippen LogP contribution >= 0.6 is 11.3 Å². The van der Waals surface area contributed by atoms with E-state index in [-0.39, 0.29) is 10.6 Å². The van der Waals surface area contributed by atoms with E-state index in [2.05, 4.69) is 0 Å². The monoisotopic (exact) mass is 183 g/mol. The third kappa shape index (κ3) is 2.17. The summed E-state index contributed by atoms with van der Waals surface area (Å²) in [4.78, 5) is 12.0. The molecule has 1 aromatic rings. The summed E-state index contributed by atoms with van der Waals surface area (Å²) in [6.07, 6.45) is 1.58. The van der Waals surface area contributed by atoms with Gasteiger partial charge in [-0.2, -0.15) is 0 Å². The second-order valence-electron chi connectivity index (χ2n) is 2.49. The van der Waals surface area contributed by atoms with Crippen LogP contribution in [-0.2, 0) is 0 Å². The zero-order chi connectivity index (χ0) is 9.14. The highest BCUT2D eigenvalue weighted by Gasteiger charge is 2.02. The Hall–Kier alpha value is -1.16. The molecule has 0 fully saturated rings. The van der Waals surface area contributed by atoms with Crippen molar-refractivity contribution in [3.8, 4) is 0 Å². The van der Waals surface area contributed by atoms with Gasteiger partial charge in [0.05, 0.1) is 4.92 Å². The van der Waals surface area contributed by atoms with Crippen molar-refractivity contribution >= 4 is 17.4 Å². The molecule has 0 N–H and O–H groups in total. The molecule has 0 aliphatic heterocycles. The molecule has 1 heterocycles. The van der Waals surface area contributed by atoms with Crippen LogP contribution < -0.4 is 0 Å². The number of nitro groups is 1. The van der Waals surface area contributed by atoms with Crippen LogP contribution in [0.15, 0.2) is 17.8 Å². The molecule has 0 bridgehead atoms. The number of nitrogens with zero attached hydrogens (tertiary/aromatic N) is 1. The maximum atomic E-state index is 10.3. The van der Waals surface area contributed by atoms with Crippen LogP contribution in [0.1, 0.15) is 16.7 Å². The fraction of sp³-hybridized carbons (Fsp3) is 0.250. The summed E-state index contributed by atoms with van der Waals surface area (Å²) >= 11 is 1.55. The summed E-state index contributed by atoms with van der Waals surface area (Å²) < 4.78 is 0. The van der Waals surface area contributed by atoms with Crippen LogP contribution in [0, 0.1) is 17.0 Å². The first-order valence-corrected chi connectivity index (χ1v) is 4.30. The molecule has 0 radical (unpaired) electrons. The summed E-state index contributed by atoms with van der Waals surface area (Å²) in [6, 6.07) is 3.83. The minimum Gasteiger partial charge on any atom is -0.259 e. The highest BCUT2D eigenvalue weighted by Crippen LogP contribution is 2.18. The van der Waals surface area contributed by atoms with Gasteiger partial charge in [-0.1, -0.05) is 0 Å². The highest BCUT2D eigenvalue weighted by atomic mass is 32.1. The minimum absolute atomic E-state index is 0.178. The average Bonchev–Trinajstić information content (AvgIpc) is 2.35. The summed E-state index contributed by atoms with van der Waals surface area (Å²) in [5.74, 6) is 0. The first kappa shape index (κ1) is 8.93. The molecule has 0 unspecified atom stereocenters. The third-order valence-electron chi connectivity index (χ3n) is 1.40. The molecule has 1 rings (SSSR count). The lowest BCUT2D eigenvalue weighted by molar-refractivity contribution is -0.422. The number of thiophene rings is 1. The molecule has 3 nitrogen and oxygen atoms in total. The fourth-order valence-electron chi connectivity index (χ4n) is 0.790. The van der Waals surface area contributed by atoms with Gasteiger partial charge in [-0.05, 0) is 19.1 Å². The average molecular weight is 183 g/mol. The molecule has 12 heavy (non-hydrogen) atoms. The fourth-order valence-corrected chi connectivity index (χ4v) is 1.66. The highest BCUT2D eigenvalue weighted by molar-refractivity contribution is 7.12. The lowest BCUT2D eigenvalue weighted by atomic mass is 10.4. The van der Waals surface area contributed by atoms with Gasteiger partial charge < -0.3 is 0 Å². The molecule has 0 saturated heterocycles. The lowest BCUT2D eigenvalue weighted by Crippen LogP contribution is -1.91. The zero-order valence-corrected chi connectivity index (χ0v) is 7.72. The second-order valence-corrected chi connectivity index (χ2v) is 3.81. The van der Waals surface area contributed by atoms with E-state index < -0.39 is 0 Å². The molecule has 0 saturated carbocycles. The summed E-state index contributed by atoms with van der Waals surface area (Å²) in [5, 5.41) is 10.3. The molecular weight excluding hydrogens is 174 g/mol.